The number of amides is 2. The van der Waals surface area contributed by atoms with Crippen LogP contribution in [0.2, 0.25) is 0 Å². The fourth-order valence-electron chi connectivity index (χ4n) is 2.33. The molecule has 104 valence electrons. The first kappa shape index (κ1) is 14.1. The number of hydrogen-bond acceptors (Lipinski definition) is 3. The van der Waals surface area contributed by atoms with E-state index in [0.717, 1.165) is 25.7 Å². The highest BCUT2D eigenvalue weighted by atomic mass is 32.1. The number of carbonyl (C=O) groups is 2. The van der Waals surface area contributed by atoms with Crippen LogP contribution in [0.4, 0.5) is 0 Å². The lowest BCUT2D eigenvalue weighted by molar-refractivity contribution is -0.124. The van der Waals surface area contributed by atoms with Crippen molar-refractivity contribution in [2.24, 2.45) is 0 Å². The van der Waals surface area contributed by atoms with E-state index in [1.54, 1.807) is 4.90 Å². The Morgan fingerprint density at radius 3 is 3.05 bits per heavy atom. The summed E-state index contributed by atoms with van der Waals surface area (Å²) in [5.74, 6) is -0.0148. The van der Waals surface area contributed by atoms with E-state index in [0.29, 0.717) is 18.0 Å². The Morgan fingerprint density at radius 1 is 1.53 bits per heavy atom. The van der Waals surface area contributed by atoms with Gasteiger partial charge in [-0.25, -0.2) is 0 Å². The summed E-state index contributed by atoms with van der Waals surface area (Å²) in [5.41, 5.74) is 0. The summed E-state index contributed by atoms with van der Waals surface area (Å²) in [4.78, 5) is 26.8. The first-order valence-electron chi connectivity index (χ1n) is 6.86. The molecule has 1 saturated heterocycles. The predicted molar refractivity (Wildman–Crippen MR) is 76.3 cm³/mol. The van der Waals surface area contributed by atoms with E-state index in [1.165, 1.54) is 11.3 Å². The van der Waals surface area contributed by atoms with Crippen LogP contribution in [0.3, 0.4) is 0 Å². The summed E-state index contributed by atoms with van der Waals surface area (Å²) in [6.45, 7) is 3.48. The lowest BCUT2D eigenvalue weighted by Crippen LogP contribution is -2.46. The zero-order valence-corrected chi connectivity index (χ0v) is 12.0. The number of likely N-dealkylation sites (tertiary alicyclic amines) is 1. The van der Waals surface area contributed by atoms with Gasteiger partial charge in [-0.15, -0.1) is 11.3 Å². The summed E-state index contributed by atoms with van der Waals surface area (Å²) < 4.78 is 0. The molecule has 5 heteroatoms. The van der Waals surface area contributed by atoms with Gasteiger partial charge in [0.1, 0.15) is 6.04 Å². The molecule has 0 bridgehead atoms. The highest BCUT2D eigenvalue weighted by Gasteiger charge is 2.34. The largest absolute Gasteiger partial charge is 0.354 e. The van der Waals surface area contributed by atoms with Gasteiger partial charge in [0.05, 0.1) is 4.88 Å². The quantitative estimate of drug-likeness (QED) is 0.841. The van der Waals surface area contributed by atoms with Crippen LogP contribution in [0.25, 0.3) is 0 Å². The maximum atomic E-state index is 12.3. The minimum atomic E-state index is -0.286. The number of carbonyl (C=O) groups excluding carboxylic acids is 2. The fraction of sp³-hybridized carbons (Fsp3) is 0.571. The lowest BCUT2D eigenvalue weighted by atomic mass is 10.2. The van der Waals surface area contributed by atoms with E-state index in [1.807, 2.05) is 17.5 Å². The molecular formula is C14H20N2O2S. The van der Waals surface area contributed by atoms with Crippen LogP contribution in [0.5, 0.6) is 0 Å². The number of thiophene rings is 1. The minimum Gasteiger partial charge on any atom is -0.354 e. The molecule has 1 unspecified atom stereocenters. The minimum absolute atomic E-state index is 0.00384. The molecule has 1 aliphatic heterocycles. The predicted octanol–water partition coefficient (Wildman–Crippen LogP) is 2.27. The topological polar surface area (TPSA) is 49.4 Å². The fourth-order valence-corrected chi connectivity index (χ4v) is 3.01. The van der Waals surface area contributed by atoms with Crippen molar-refractivity contribution in [2.75, 3.05) is 13.1 Å². The molecule has 1 fully saturated rings. The van der Waals surface area contributed by atoms with Gasteiger partial charge in [-0.2, -0.15) is 0 Å². The second-order valence-corrected chi connectivity index (χ2v) is 5.73. The van der Waals surface area contributed by atoms with Crippen molar-refractivity contribution in [3.8, 4) is 0 Å². The molecule has 2 heterocycles. The SMILES string of the molecule is CCCCNC(=O)C1CCCN1C(=O)c1cccs1. The maximum Gasteiger partial charge on any atom is 0.264 e. The third kappa shape index (κ3) is 3.35. The maximum absolute atomic E-state index is 12.3. The Bertz CT molecular complexity index is 431. The number of hydrogen-bond donors (Lipinski definition) is 1. The second-order valence-electron chi connectivity index (χ2n) is 4.78. The normalized spacial score (nSPS) is 18.6. The third-order valence-electron chi connectivity index (χ3n) is 3.38. The Hall–Kier alpha value is -1.36. The highest BCUT2D eigenvalue weighted by molar-refractivity contribution is 7.12. The number of rotatable bonds is 5. The van der Waals surface area contributed by atoms with Crippen molar-refractivity contribution >= 4 is 23.2 Å². The van der Waals surface area contributed by atoms with Crippen molar-refractivity contribution in [1.82, 2.24) is 10.2 Å². The molecule has 0 saturated carbocycles. The van der Waals surface area contributed by atoms with Gasteiger partial charge in [-0.3, -0.25) is 9.59 Å². The molecule has 0 spiro atoms. The van der Waals surface area contributed by atoms with Gasteiger partial charge >= 0.3 is 0 Å². The lowest BCUT2D eigenvalue weighted by Gasteiger charge is -2.23. The van der Waals surface area contributed by atoms with Gasteiger partial charge in [0.2, 0.25) is 5.91 Å². The van der Waals surface area contributed by atoms with Crippen LogP contribution in [0.1, 0.15) is 42.3 Å². The molecule has 2 amide bonds. The van der Waals surface area contributed by atoms with Crippen LogP contribution >= 0.6 is 11.3 Å². The van der Waals surface area contributed by atoms with E-state index < -0.39 is 0 Å². The average molecular weight is 280 g/mol. The molecule has 0 aromatic carbocycles. The summed E-state index contributed by atoms with van der Waals surface area (Å²) in [7, 11) is 0. The zero-order chi connectivity index (χ0) is 13.7. The van der Waals surface area contributed by atoms with E-state index in [9.17, 15) is 9.59 Å². The molecular weight excluding hydrogens is 260 g/mol. The van der Waals surface area contributed by atoms with Crippen LogP contribution in [0.15, 0.2) is 17.5 Å². The van der Waals surface area contributed by atoms with Gasteiger partial charge in [0.25, 0.3) is 5.91 Å². The molecule has 4 nitrogen and oxygen atoms in total. The Kier molecular flexibility index (Phi) is 4.96. The van der Waals surface area contributed by atoms with E-state index in [2.05, 4.69) is 12.2 Å². The number of nitrogens with zero attached hydrogens (tertiary/aromatic N) is 1. The van der Waals surface area contributed by atoms with Gasteiger partial charge in [0, 0.05) is 13.1 Å². The standard InChI is InChI=1S/C14H20N2O2S/c1-2-3-8-15-13(17)11-6-4-9-16(11)14(18)12-7-5-10-19-12/h5,7,10-11H,2-4,6,8-9H2,1H3,(H,15,17). The third-order valence-corrected chi connectivity index (χ3v) is 4.24. The Morgan fingerprint density at radius 2 is 2.37 bits per heavy atom. The van der Waals surface area contributed by atoms with Crippen molar-refractivity contribution in [1.29, 1.82) is 0 Å². The van der Waals surface area contributed by atoms with E-state index in [-0.39, 0.29) is 17.9 Å². The van der Waals surface area contributed by atoms with Crippen molar-refractivity contribution in [3.63, 3.8) is 0 Å². The molecule has 19 heavy (non-hydrogen) atoms. The summed E-state index contributed by atoms with van der Waals surface area (Å²) in [5, 5.41) is 4.81. The number of unbranched alkanes of at least 4 members (excludes halogenated alkanes) is 1. The van der Waals surface area contributed by atoms with Gasteiger partial charge in [0.15, 0.2) is 0 Å². The molecule has 1 aliphatic rings. The summed E-state index contributed by atoms with van der Waals surface area (Å²) in [6, 6.07) is 3.40. The average Bonchev–Trinajstić information content (AvgIpc) is 3.09. The Labute approximate surface area is 117 Å². The molecule has 1 atom stereocenters. The zero-order valence-electron chi connectivity index (χ0n) is 11.2. The molecule has 0 radical (unpaired) electrons. The van der Waals surface area contributed by atoms with E-state index >= 15 is 0 Å². The van der Waals surface area contributed by atoms with Crippen molar-refractivity contribution < 1.29 is 9.59 Å². The molecule has 2 rings (SSSR count). The summed E-state index contributed by atoms with van der Waals surface area (Å²) >= 11 is 1.43. The van der Waals surface area contributed by atoms with Gasteiger partial charge in [-0.05, 0) is 30.7 Å². The highest BCUT2D eigenvalue weighted by Crippen LogP contribution is 2.22. The molecule has 1 aromatic rings. The first-order valence-corrected chi connectivity index (χ1v) is 7.74. The van der Waals surface area contributed by atoms with Crippen LogP contribution < -0.4 is 5.32 Å². The summed E-state index contributed by atoms with van der Waals surface area (Å²) in [6.07, 6.45) is 3.72. The molecule has 1 N–H and O–H groups in total. The van der Waals surface area contributed by atoms with Crippen molar-refractivity contribution in [3.05, 3.63) is 22.4 Å². The molecule has 0 aliphatic carbocycles. The van der Waals surface area contributed by atoms with Crippen LogP contribution in [-0.4, -0.2) is 35.8 Å². The Balaban J connectivity index is 1.96. The van der Waals surface area contributed by atoms with Gasteiger partial charge in [-0.1, -0.05) is 19.4 Å². The second kappa shape index (κ2) is 6.70. The smallest absolute Gasteiger partial charge is 0.264 e. The van der Waals surface area contributed by atoms with Crippen molar-refractivity contribution in [2.45, 2.75) is 38.6 Å². The van der Waals surface area contributed by atoms with Crippen LogP contribution in [0, 0.1) is 0 Å². The van der Waals surface area contributed by atoms with E-state index in [4.69, 9.17) is 0 Å². The van der Waals surface area contributed by atoms with Gasteiger partial charge < -0.3 is 10.2 Å². The first-order chi connectivity index (χ1) is 9.24. The number of nitrogens with one attached hydrogen (secondary N) is 1. The molecule has 1 aromatic heterocycles. The van der Waals surface area contributed by atoms with Crippen LogP contribution in [-0.2, 0) is 4.79 Å². The monoisotopic (exact) mass is 280 g/mol.